The number of aryl methyl sites for hydroxylation is 1. The minimum Gasteiger partial charge on any atom is -0.497 e. The Bertz CT molecular complexity index is 755. The second kappa shape index (κ2) is 7.64. The predicted octanol–water partition coefficient (Wildman–Crippen LogP) is 4.99. The van der Waals surface area contributed by atoms with Crippen molar-refractivity contribution >= 4 is 17.0 Å². The molecular weight excluding hydrogens is 304 g/mol. The molecule has 0 N–H and O–H groups in total. The molecule has 0 fully saturated rings. The number of aromatic nitrogens is 1. The molecule has 1 aromatic carbocycles. The highest BCUT2D eigenvalue weighted by atomic mass is 32.1. The second-order valence-electron chi connectivity index (χ2n) is 5.98. The third kappa shape index (κ3) is 4.14. The molecule has 0 spiro atoms. The van der Waals surface area contributed by atoms with Gasteiger partial charge in [-0.25, -0.2) is 4.99 Å². The Kier molecular flexibility index (Phi) is 5.34. The molecule has 1 aliphatic rings. The first-order valence-corrected chi connectivity index (χ1v) is 9.16. The zero-order valence-electron chi connectivity index (χ0n) is 13.9. The molecule has 4 heteroatoms. The van der Waals surface area contributed by atoms with Crippen molar-refractivity contribution in [2.24, 2.45) is 4.99 Å². The van der Waals surface area contributed by atoms with Gasteiger partial charge in [-0.3, -0.25) is 0 Å². The molecule has 0 radical (unpaired) electrons. The number of hydrogen-bond donors (Lipinski definition) is 0. The largest absolute Gasteiger partial charge is 0.497 e. The zero-order valence-corrected chi connectivity index (χ0v) is 14.7. The summed E-state index contributed by atoms with van der Waals surface area (Å²) in [4.78, 5) is 5.88. The molecule has 0 unspecified atom stereocenters. The molecule has 2 aromatic rings. The van der Waals surface area contributed by atoms with Gasteiger partial charge in [-0.15, -0.1) is 11.3 Å². The standard InChI is InChI=1S/C19H24N2OS/c1-15-14-23-19(20-17-9-6-10-18(13-17)22-2)21(15)12-11-16-7-4-3-5-8-16/h6-7,9-10,13-14H,3-5,8,11-12H2,1-2H3. The quantitative estimate of drug-likeness (QED) is 0.710. The summed E-state index contributed by atoms with van der Waals surface area (Å²) >= 11 is 1.71. The normalized spacial score (nSPS) is 15.6. The first-order valence-electron chi connectivity index (χ1n) is 8.28. The molecule has 0 aliphatic heterocycles. The summed E-state index contributed by atoms with van der Waals surface area (Å²) in [5.74, 6) is 0.846. The number of rotatable bonds is 5. The molecule has 1 aromatic heterocycles. The second-order valence-corrected chi connectivity index (χ2v) is 6.82. The Labute approximate surface area is 142 Å². The fourth-order valence-electron chi connectivity index (χ4n) is 2.95. The lowest BCUT2D eigenvalue weighted by Gasteiger charge is -2.13. The Balaban J connectivity index is 1.82. The Morgan fingerprint density at radius 2 is 2.22 bits per heavy atom. The monoisotopic (exact) mass is 328 g/mol. The van der Waals surface area contributed by atoms with Crippen LogP contribution in [-0.2, 0) is 6.54 Å². The molecule has 0 amide bonds. The van der Waals surface area contributed by atoms with Gasteiger partial charge in [0, 0.05) is 23.7 Å². The predicted molar refractivity (Wildman–Crippen MR) is 96.4 cm³/mol. The molecule has 3 nitrogen and oxygen atoms in total. The summed E-state index contributed by atoms with van der Waals surface area (Å²) in [6, 6.07) is 7.92. The van der Waals surface area contributed by atoms with E-state index >= 15 is 0 Å². The van der Waals surface area contributed by atoms with E-state index in [-0.39, 0.29) is 0 Å². The van der Waals surface area contributed by atoms with Gasteiger partial charge in [-0.1, -0.05) is 17.7 Å². The molecule has 1 heterocycles. The zero-order chi connectivity index (χ0) is 16.1. The molecule has 3 rings (SSSR count). The van der Waals surface area contributed by atoms with Crippen molar-refractivity contribution < 1.29 is 4.74 Å². The molecule has 0 saturated heterocycles. The van der Waals surface area contributed by atoms with Crippen LogP contribution < -0.4 is 9.54 Å². The molecule has 1 aliphatic carbocycles. The van der Waals surface area contributed by atoms with Gasteiger partial charge < -0.3 is 9.30 Å². The lowest BCUT2D eigenvalue weighted by atomic mass is 9.97. The third-order valence-corrected chi connectivity index (χ3v) is 5.29. The van der Waals surface area contributed by atoms with Crippen LogP contribution in [0.1, 0.15) is 37.8 Å². The smallest absolute Gasteiger partial charge is 0.190 e. The van der Waals surface area contributed by atoms with Crippen LogP contribution in [0.4, 0.5) is 5.69 Å². The lowest BCUT2D eigenvalue weighted by Crippen LogP contribution is -2.16. The van der Waals surface area contributed by atoms with E-state index in [1.807, 2.05) is 24.3 Å². The first-order chi connectivity index (χ1) is 11.3. The number of ether oxygens (including phenoxy) is 1. The van der Waals surface area contributed by atoms with Crippen LogP contribution in [0.15, 0.2) is 46.3 Å². The van der Waals surface area contributed by atoms with E-state index in [4.69, 9.17) is 9.73 Å². The van der Waals surface area contributed by atoms with E-state index in [1.54, 1.807) is 24.0 Å². The van der Waals surface area contributed by atoms with E-state index in [0.29, 0.717) is 0 Å². The minimum atomic E-state index is 0.846. The van der Waals surface area contributed by atoms with Crippen LogP contribution >= 0.6 is 11.3 Å². The SMILES string of the molecule is COc1cccc(N=c2scc(C)n2CCC2=CCCCC2)c1. The summed E-state index contributed by atoms with van der Waals surface area (Å²) < 4.78 is 7.62. The highest BCUT2D eigenvalue weighted by Crippen LogP contribution is 2.21. The summed E-state index contributed by atoms with van der Waals surface area (Å²) in [6.07, 6.45) is 8.80. The molecular formula is C19H24N2OS. The van der Waals surface area contributed by atoms with Gasteiger partial charge in [0.05, 0.1) is 12.8 Å². The van der Waals surface area contributed by atoms with Gasteiger partial charge in [0.25, 0.3) is 0 Å². The average Bonchev–Trinajstić information content (AvgIpc) is 2.94. The highest BCUT2D eigenvalue weighted by molar-refractivity contribution is 7.07. The molecule has 0 bridgehead atoms. The van der Waals surface area contributed by atoms with Crippen molar-refractivity contribution in [3.8, 4) is 5.75 Å². The van der Waals surface area contributed by atoms with Crippen molar-refractivity contribution in [2.75, 3.05) is 7.11 Å². The Morgan fingerprint density at radius 3 is 3.00 bits per heavy atom. The van der Waals surface area contributed by atoms with E-state index in [2.05, 4.69) is 22.9 Å². The van der Waals surface area contributed by atoms with E-state index in [0.717, 1.165) is 29.2 Å². The number of thiazole rings is 1. The topological polar surface area (TPSA) is 26.5 Å². The van der Waals surface area contributed by atoms with Crippen LogP contribution in [0, 0.1) is 6.92 Å². The fraction of sp³-hybridized carbons (Fsp3) is 0.421. The average molecular weight is 328 g/mol. The van der Waals surface area contributed by atoms with Crippen LogP contribution in [-0.4, -0.2) is 11.7 Å². The van der Waals surface area contributed by atoms with Crippen molar-refractivity contribution in [2.45, 2.75) is 45.6 Å². The van der Waals surface area contributed by atoms with E-state index in [9.17, 15) is 0 Å². The van der Waals surface area contributed by atoms with Gasteiger partial charge >= 0.3 is 0 Å². The van der Waals surface area contributed by atoms with Crippen LogP contribution in [0.5, 0.6) is 5.75 Å². The fourth-order valence-corrected chi connectivity index (χ4v) is 3.88. The van der Waals surface area contributed by atoms with Crippen molar-refractivity contribution in [1.82, 2.24) is 4.57 Å². The number of methoxy groups -OCH3 is 1. The first kappa shape index (κ1) is 16.1. The van der Waals surface area contributed by atoms with Gasteiger partial charge in [0.2, 0.25) is 0 Å². The maximum absolute atomic E-state index is 5.28. The number of benzene rings is 1. The van der Waals surface area contributed by atoms with Crippen molar-refractivity contribution in [1.29, 1.82) is 0 Å². The van der Waals surface area contributed by atoms with Crippen LogP contribution in [0.2, 0.25) is 0 Å². The Hall–Kier alpha value is -1.81. The van der Waals surface area contributed by atoms with Gasteiger partial charge in [0.1, 0.15) is 5.75 Å². The number of allylic oxidation sites excluding steroid dienone is 2. The number of hydrogen-bond acceptors (Lipinski definition) is 3. The van der Waals surface area contributed by atoms with Gasteiger partial charge in [-0.2, -0.15) is 0 Å². The number of nitrogens with zero attached hydrogens (tertiary/aromatic N) is 2. The van der Waals surface area contributed by atoms with E-state index < -0.39 is 0 Å². The molecule has 23 heavy (non-hydrogen) atoms. The maximum atomic E-state index is 5.28. The maximum Gasteiger partial charge on any atom is 0.190 e. The third-order valence-electron chi connectivity index (χ3n) is 4.31. The minimum absolute atomic E-state index is 0.846. The highest BCUT2D eigenvalue weighted by Gasteiger charge is 2.06. The summed E-state index contributed by atoms with van der Waals surface area (Å²) in [7, 11) is 1.69. The van der Waals surface area contributed by atoms with Gasteiger partial charge in [-0.05, 0) is 51.2 Å². The molecule has 122 valence electrons. The van der Waals surface area contributed by atoms with Crippen molar-refractivity contribution in [3.05, 3.63) is 51.8 Å². The summed E-state index contributed by atoms with van der Waals surface area (Å²) in [5.41, 5.74) is 3.84. The molecule has 0 atom stereocenters. The summed E-state index contributed by atoms with van der Waals surface area (Å²) in [5, 5.41) is 2.19. The Morgan fingerprint density at radius 1 is 1.30 bits per heavy atom. The van der Waals surface area contributed by atoms with Gasteiger partial charge in [0.15, 0.2) is 4.80 Å². The lowest BCUT2D eigenvalue weighted by molar-refractivity contribution is 0.415. The summed E-state index contributed by atoms with van der Waals surface area (Å²) in [6.45, 7) is 3.18. The van der Waals surface area contributed by atoms with E-state index in [1.165, 1.54) is 31.4 Å². The van der Waals surface area contributed by atoms with Crippen LogP contribution in [0.25, 0.3) is 0 Å². The molecule has 0 saturated carbocycles. The van der Waals surface area contributed by atoms with Crippen LogP contribution in [0.3, 0.4) is 0 Å². The van der Waals surface area contributed by atoms with Crippen molar-refractivity contribution in [3.63, 3.8) is 0 Å².